The molecule has 0 radical (unpaired) electrons. The third-order valence-electron chi connectivity index (χ3n) is 4.33. The van der Waals surface area contributed by atoms with Gasteiger partial charge in [-0.2, -0.15) is 10.2 Å². The topological polar surface area (TPSA) is 105 Å². The van der Waals surface area contributed by atoms with E-state index < -0.39 is 0 Å². The molecule has 0 saturated carbocycles. The Balaban J connectivity index is 1.57. The van der Waals surface area contributed by atoms with Crippen LogP contribution in [-0.4, -0.2) is 47.4 Å². The summed E-state index contributed by atoms with van der Waals surface area (Å²) in [6.07, 6.45) is 11.3. The van der Waals surface area contributed by atoms with Crippen LogP contribution in [-0.2, 0) is 0 Å². The van der Waals surface area contributed by atoms with Gasteiger partial charge in [-0.15, -0.1) is 0 Å². The van der Waals surface area contributed by atoms with Crippen LogP contribution in [0.3, 0.4) is 0 Å². The fourth-order valence-electron chi connectivity index (χ4n) is 3.15. The second kappa shape index (κ2) is 6.71. The zero-order valence-electron chi connectivity index (χ0n) is 13.5. The van der Waals surface area contributed by atoms with E-state index in [9.17, 15) is 4.79 Å². The summed E-state index contributed by atoms with van der Waals surface area (Å²) in [5.41, 5.74) is 1.62. The Hall–Kier alpha value is -3.23. The highest BCUT2D eigenvalue weighted by atomic mass is 16.2. The minimum absolute atomic E-state index is 0.0268. The number of anilines is 1. The van der Waals surface area contributed by atoms with Crippen LogP contribution in [0.2, 0.25) is 0 Å². The molecule has 4 heterocycles. The molecule has 9 nitrogen and oxygen atoms in total. The van der Waals surface area contributed by atoms with Crippen LogP contribution in [0.5, 0.6) is 0 Å². The van der Waals surface area contributed by atoms with E-state index in [0.29, 0.717) is 18.1 Å². The van der Waals surface area contributed by atoms with Gasteiger partial charge in [-0.25, -0.2) is 19.4 Å². The molecule has 3 aromatic rings. The lowest BCUT2D eigenvalue weighted by molar-refractivity contribution is 0.163. The van der Waals surface area contributed by atoms with E-state index in [-0.39, 0.29) is 12.1 Å². The van der Waals surface area contributed by atoms with Gasteiger partial charge in [0.1, 0.15) is 12.7 Å². The zero-order valence-corrected chi connectivity index (χ0v) is 13.5. The molecular formula is C16H18N8O. The normalized spacial score (nSPS) is 17.4. The van der Waals surface area contributed by atoms with Crippen molar-refractivity contribution in [3.63, 3.8) is 0 Å². The summed E-state index contributed by atoms with van der Waals surface area (Å²) < 4.78 is 1.53. The summed E-state index contributed by atoms with van der Waals surface area (Å²) in [6.45, 7) is 0.709. The number of urea groups is 1. The molecule has 2 N–H and O–H groups in total. The first-order valence-electron chi connectivity index (χ1n) is 8.19. The quantitative estimate of drug-likeness (QED) is 0.761. The van der Waals surface area contributed by atoms with Crippen molar-refractivity contribution in [2.75, 3.05) is 11.9 Å². The smallest absolute Gasteiger partial charge is 0.317 e. The monoisotopic (exact) mass is 338 g/mol. The van der Waals surface area contributed by atoms with Gasteiger partial charge < -0.3 is 10.2 Å². The number of nitrogens with one attached hydrogen (secondary N) is 2. The van der Waals surface area contributed by atoms with E-state index in [1.165, 1.54) is 11.0 Å². The third kappa shape index (κ3) is 3.08. The fraction of sp³-hybridized carbons (Fsp3) is 0.312. The summed E-state index contributed by atoms with van der Waals surface area (Å²) in [6, 6.07) is 3.46. The Morgan fingerprint density at radius 3 is 3.12 bits per heavy atom. The number of amides is 2. The number of aromatic nitrogens is 6. The fourth-order valence-corrected chi connectivity index (χ4v) is 3.15. The molecule has 128 valence electrons. The van der Waals surface area contributed by atoms with Gasteiger partial charge in [0.2, 0.25) is 0 Å². The highest BCUT2D eigenvalue weighted by Gasteiger charge is 2.29. The van der Waals surface area contributed by atoms with Crippen molar-refractivity contribution in [1.82, 2.24) is 34.8 Å². The standard InChI is InChI=1S/C16H18N8O/c25-16(23-7-2-1-5-14(23)12-8-19-20-9-12)22-13-4-3-6-18-15(13)24-11-17-10-21-24/h3-4,6,8-11,14H,1-2,5,7H2,(H,19,20)(H,22,25). The molecule has 9 heteroatoms. The molecule has 3 aromatic heterocycles. The van der Waals surface area contributed by atoms with Crippen LogP contribution in [0.15, 0.2) is 43.4 Å². The van der Waals surface area contributed by atoms with Crippen molar-refractivity contribution < 1.29 is 4.79 Å². The summed E-state index contributed by atoms with van der Waals surface area (Å²) in [4.78, 5) is 23.0. The number of carbonyl (C=O) groups excluding carboxylic acids is 1. The van der Waals surface area contributed by atoms with Gasteiger partial charge in [0.15, 0.2) is 5.82 Å². The molecule has 1 aliphatic rings. The van der Waals surface area contributed by atoms with Crippen LogP contribution in [0.4, 0.5) is 10.5 Å². The van der Waals surface area contributed by atoms with Gasteiger partial charge in [-0.3, -0.25) is 5.10 Å². The molecule has 1 atom stereocenters. The van der Waals surface area contributed by atoms with Crippen LogP contribution >= 0.6 is 0 Å². The number of likely N-dealkylation sites (tertiary alicyclic amines) is 1. The van der Waals surface area contributed by atoms with Crippen LogP contribution in [0, 0.1) is 0 Å². The van der Waals surface area contributed by atoms with Gasteiger partial charge in [-0.05, 0) is 31.4 Å². The second-order valence-corrected chi connectivity index (χ2v) is 5.88. The second-order valence-electron chi connectivity index (χ2n) is 5.88. The van der Waals surface area contributed by atoms with Crippen molar-refractivity contribution in [2.24, 2.45) is 0 Å². The van der Waals surface area contributed by atoms with Crippen LogP contribution in [0.25, 0.3) is 5.82 Å². The number of hydrogen-bond donors (Lipinski definition) is 2. The SMILES string of the molecule is O=C(Nc1cccnc1-n1cncn1)N1CCCCC1c1cn[nH]c1. The van der Waals surface area contributed by atoms with Crippen molar-refractivity contribution in [2.45, 2.75) is 25.3 Å². The Morgan fingerprint density at radius 1 is 1.36 bits per heavy atom. The number of hydrogen-bond acceptors (Lipinski definition) is 5. The first-order valence-corrected chi connectivity index (χ1v) is 8.19. The lowest BCUT2D eigenvalue weighted by Crippen LogP contribution is -2.41. The molecule has 25 heavy (non-hydrogen) atoms. The largest absolute Gasteiger partial charge is 0.322 e. The predicted molar refractivity (Wildman–Crippen MR) is 90.1 cm³/mol. The Bertz CT molecular complexity index is 830. The van der Waals surface area contributed by atoms with Crippen molar-refractivity contribution in [1.29, 1.82) is 0 Å². The van der Waals surface area contributed by atoms with Gasteiger partial charge in [0.25, 0.3) is 0 Å². The Kier molecular flexibility index (Phi) is 4.11. The summed E-state index contributed by atoms with van der Waals surface area (Å²) in [5.74, 6) is 0.533. The molecule has 0 bridgehead atoms. The number of pyridine rings is 1. The maximum absolute atomic E-state index is 12.9. The molecule has 1 unspecified atom stereocenters. The number of piperidine rings is 1. The van der Waals surface area contributed by atoms with Crippen molar-refractivity contribution in [3.05, 3.63) is 48.9 Å². The van der Waals surface area contributed by atoms with Gasteiger partial charge in [-0.1, -0.05) is 0 Å². The van der Waals surface area contributed by atoms with E-state index in [1.54, 1.807) is 30.9 Å². The Labute approximate surface area is 144 Å². The molecule has 1 saturated heterocycles. The van der Waals surface area contributed by atoms with Crippen LogP contribution in [0.1, 0.15) is 30.9 Å². The number of H-pyrrole nitrogens is 1. The van der Waals surface area contributed by atoms with Crippen molar-refractivity contribution >= 4 is 11.7 Å². The highest BCUT2D eigenvalue weighted by molar-refractivity contribution is 5.91. The van der Waals surface area contributed by atoms with E-state index in [4.69, 9.17) is 0 Å². The molecule has 1 fully saturated rings. The van der Waals surface area contributed by atoms with Gasteiger partial charge in [0.05, 0.1) is 17.9 Å². The van der Waals surface area contributed by atoms with Crippen molar-refractivity contribution in [3.8, 4) is 5.82 Å². The maximum Gasteiger partial charge on any atom is 0.322 e. The predicted octanol–water partition coefficient (Wildman–Crippen LogP) is 2.14. The Morgan fingerprint density at radius 2 is 2.32 bits per heavy atom. The van der Waals surface area contributed by atoms with E-state index in [0.717, 1.165) is 24.8 Å². The number of aromatic amines is 1. The molecule has 0 aromatic carbocycles. The molecule has 0 spiro atoms. The highest BCUT2D eigenvalue weighted by Crippen LogP contribution is 2.31. The first-order chi connectivity index (χ1) is 12.3. The average Bonchev–Trinajstić information content (AvgIpc) is 3.36. The molecular weight excluding hydrogens is 320 g/mol. The van der Waals surface area contributed by atoms with E-state index >= 15 is 0 Å². The minimum atomic E-state index is -0.153. The zero-order chi connectivity index (χ0) is 17.1. The third-order valence-corrected chi connectivity index (χ3v) is 4.33. The van der Waals surface area contributed by atoms with E-state index in [1.807, 2.05) is 11.1 Å². The minimum Gasteiger partial charge on any atom is -0.317 e. The lowest BCUT2D eigenvalue weighted by atomic mass is 9.98. The first kappa shape index (κ1) is 15.3. The lowest BCUT2D eigenvalue weighted by Gasteiger charge is -2.35. The maximum atomic E-state index is 12.9. The molecule has 0 aliphatic carbocycles. The summed E-state index contributed by atoms with van der Waals surface area (Å²) in [5, 5.41) is 13.9. The number of rotatable bonds is 3. The van der Waals surface area contributed by atoms with Gasteiger partial charge in [0, 0.05) is 24.5 Å². The molecule has 1 aliphatic heterocycles. The summed E-state index contributed by atoms with van der Waals surface area (Å²) >= 11 is 0. The van der Waals surface area contributed by atoms with Gasteiger partial charge >= 0.3 is 6.03 Å². The summed E-state index contributed by atoms with van der Waals surface area (Å²) in [7, 11) is 0. The number of carbonyl (C=O) groups is 1. The van der Waals surface area contributed by atoms with Crippen LogP contribution < -0.4 is 5.32 Å². The number of nitrogens with zero attached hydrogens (tertiary/aromatic N) is 6. The molecule has 2 amide bonds. The average molecular weight is 338 g/mol. The molecule has 4 rings (SSSR count). The van der Waals surface area contributed by atoms with E-state index in [2.05, 4.69) is 30.6 Å².